The molecule has 82 valence electrons. The molecule has 0 atom stereocenters. The van der Waals surface area contributed by atoms with Gasteiger partial charge in [0.2, 0.25) is 0 Å². The number of methoxy groups -OCH3 is 1. The fourth-order valence-electron chi connectivity index (χ4n) is 0.856. The molecule has 0 saturated carbocycles. The minimum absolute atomic E-state index is 0.324. The van der Waals surface area contributed by atoms with E-state index >= 15 is 0 Å². The lowest BCUT2D eigenvalue weighted by Crippen LogP contribution is -2.10. The molecule has 1 heterocycles. The molecule has 0 N–H and O–H groups in total. The Hall–Kier alpha value is -1.30. The van der Waals surface area contributed by atoms with E-state index in [0.29, 0.717) is 12.3 Å². The van der Waals surface area contributed by atoms with Gasteiger partial charge in [0.25, 0.3) is 0 Å². The van der Waals surface area contributed by atoms with Crippen LogP contribution in [0.25, 0.3) is 0 Å². The van der Waals surface area contributed by atoms with Gasteiger partial charge in [-0.1, -0.05) is 11.6 Å². The maximum absolute atomic E-state index is 12.2. The molecule has 0 fully saturated rings. The number of alkyl halides is 3. The van der Waals surface area contributed by atoms with Crippen LogP contribution in [0.5, 0.6) is 0 Å². The summed E-state index contributed by atoms with van der Waals surface area (Å²) in [4.78, 5) is 14.3. The lowest BCUT2D eigenvalue weighted by atomic mass is 10.2. The quantitative estimate of drug-likeness (QED) is 0.558. The molecule has 7 heteroatoms. The molecule has 0 aromatic carbocycles. The van der Waals surface area contributed by atoms with Crippen molar-refractivity contribution in [3.05, 3.63) is 28.5 Å². The molecule has 15 heavy (non-hydrogen) atoms. The van der Waals surface area contributed by atoms with Crippen LogP contribution in [0, 0.1) is 0 Å². The Morgan fingerprint density at radius 2 is 2.13 bits per heavy atom. The first-order chi connectivity index (χ1) is 6.86. The number of ether oxygens (including phenoxy) is 1. The zero-order valence-corrected chi connectivity index (χ0v) is 8.19. The molecule has 0 radical (unpaired) electrons. The fraction of sp³-hybridized carbons (Fsp3) is 0.250. The number of carbonyl (C=O) groups is 1. The Bertz CT molecular complexity index is 392. The van der Waals surface area contributed by atoms with E-state index in [1.165, 1.54) is 0 Å². The predicted molar refractivity (Wildman–Crippen MR) is 45.6 cm³/mol. The van der Waals surface area contributed by atoms with E-state index in [0.717, 1.165) is 7.11 Å². The molecule has 1 rings (SSSR count). The predicted octanol–water partition coefficient (Wildman–Crippen LogP) is 2.54. The Kier molecular flexibility index (Phi) is 3.18. The number of aromatic nitrogens is 1. The maximum atomic E-state index is 12.2. The van der Waals surface area contributed by atoms with E-state index in [1.54, 1.807) is 0 Å². The average molecular weight is 240 g/mol. The van der Waals surface area contributed by atoms with Crippen LogP contribution in [0.15, 0.2) is 12.3 Å². The average Bonchev–Trinajstić information content (AvgIpc) is 2.15. The van der Waals surface area contributed by atoms with Crippen molar-refractivity contribution < 1.29 is 22.7 Å². The molecule has 0 spiro atoms. The summed E-state index contributed by atoms with van der Waals surface area (Å²) in [6.45, 7) is 0. The molecular formula is C8H5ClF3NO2. The second-order valence-electron chi connectivity index (χ2n) is 2.55. The van der Waals surface area contributed by atoms with Crippen molar-refractivity contribution in [2.24, 2.45) is 0 Å². The largest absolute Gasteiger partial charge is 0.465 e. The summed E-state index contributed by atoms with van der Waals surface area (Å²) in [6, 6.07) is 0.598. The minimum Gasteiger partial charge on any atom is -0.465 e. The number of esters is 1. The van der Waals surface area contributed by atoms with Crippen LogP contribution >= 0.6 is 11.6 Å². The third-order valence-corrected chi connectivity index (χ3v) is 1.87. The van der Waals surface area contributed by atoms with Crippen molar-refractivity contribution >= 4 is 17.6 Å². The summed E-state index contributed by atoms with van der Waals surface area (Å²) < 4.78 is 40.9. The summed E-state index contributed by atoms with van der Waals surface area (Å²) in [5, 5.41) is -0.324. The highest BCUT2D eigenvalue weighted by molar-refractivity contribution is 6.32. The van der Waals surface area contributed by atoms with E-state index in [-0.39, 0.29) is 5.15 Å². The topological polar surface area (TPSA) is 39.2 Å². The maximum Gasteiger partial charge on any atom is 0.417 e. The number of carbonyl (C=O) groups excluding carboxylic acids is 1. The minimum atomic E-state index is -4.57. The molecule has 1 aromatic rings. The van der Waals surface area contributed by atoms with Gasteiger partial charge in [0.05, 0.1) is 18.2 Å². The first-order valence-corrected chi connectivity index (χ1v) is 4.05. The molecule has 0 unspecified atom stereocenters. The van der Waals surface area contributed by atoms with Gasteiger partial charge in [0, 0.05) is 6.20 Å². The SMILES string of the molecule is COC(=O)c1cc(C(F)(F)F)cnc1Cl. The molecule has 0 aliphatic rings. The highest BCUT2D eigenvalue weighted by Gasteiger charge is 2.32. The van der Waals surface area contributed by atoms with Crippen molar-refractivity contribution in [3.63, 3.8) is 0 Å². The third-order valence-electron chi connectivity index (χ3n) is 1.57. The van der Waals surface area contributed by atoms with Crippen LogP contribution in [0.3, 0.4) is 0 Å². The monoisotopic (exact) mass is 239 g/mol. The van der Waals surface area contributed by atoms with Gasteiger partial charge in [0.15, 0.2) is 0 Å². The van der Waals surface area contributed by atoms with Gasteiger partial charge in [-0.15, -0.1) is 0 Å². The second-order valence-corrected chi connectivity index (χ2v) is 2.91. The van der Waals surface area contributed by atoms with Crippen LogP contribution < -0.4 is 0 Å². The summed E-state index contributed by atoms with van der Waals surface area (Å²) in [7, 11) is 1.04. The van der Waals surface area contributed by atoms with E-state index in [2.05, 4.69) is 9.72 Å². The second kappa shape index (κ2) is 4.06. The Balaban J connectivity index is 3.23. The number of hydrogen-bond donors (Lipinski definition) is 0. The molecule has 3 nitrogen and oxygen atoms in total. The Morgan fingerprint density at radius 3 is 2.60 bits per heavy atom. The molecular weight excluding hydrogens is 235 g/mol. The Morgan fingerprint density at radius 1 is 1.53 bits per heavy atom. The molecule has 0 amide bonds. The zero-order valence-electron chi connectivity index (χ0n) is 7.43. The molecule has 0 aliphatic heterocycles. The number of nitrogens with zero attached hydrogens (tertiary/aromatic N) is 1. The van der Waals surface area contributed by atoms with E-state index in [9.17, 15) is 18.0 Å². The highest BCUT2D eigenvalue weighted by atomic mass is 35.5. The molecule has 0 bridgehead atoms. The zero-order chi connectivity index (χ0) is 11.6. The van der Waals surface area contributed by atoms with E-state index in [1.807, 2.05) is 0 Å². The van der Waals surface area contributed by atoms with Gasteiger partial charge >= 0.3 is 12.1 Å². The van der Waals surface area contributed by atoms with Crippen LogP contribution in [0.1, 0.15) is 15.9 Å². The number of pyridine rings is 1. The van der Waals surface area contributed by atoms with Crippen LogP contribution in [-0.2, 0) is 10.9 Å². The smallest absolute Gasteiger partial charge is 0.417 e. The van der Waals surface area contributed by atoms with Crippen molar-refractivity contribution in [3.8, 4) is 0 Å². The summed E-state index contributed by atoms with van der Waals surface area (Å²) >= 11 is 5.44. The van der Waals surface area contributed by atoms with Crippen LogP contribution in [0.2, 0.25) is 5.15 Å². The van der Waals surface area contributed by atoms with Crippen molar-refractivity contribution in [2.45, 2.75) is 6.18 Å². The van der Waals surface area contributed by atoms with E-state index in [4.69, 9.17) is 11.6 Å². The standard InChI is InChI=1S/C8H5ClF3NO2/c1-15-7(14)5-2-4(8(10,11)12)3-13-6(5)9/h2-3H,1H3. The van der Waals surface area contributed by atoms with Gasteiger partial charge < -0.3 is 4.74 Å². The first kappa shape index (κ1) is 11.8. The van der Waals surface area contributed by atoms with Crippen LogP contribution in [-0.4, -0.2) is 18.1 Å². The van der Waals surface area contributed by atoms with Crippen molar-refractivity contribution in [1.82, 2.24) is 4.98 Å². The summed E-state index contributed by atoms with van der Waals surface area (Å²) in [5.41, 5.74) is -1.46. The lowest BCUT2D eigenvalue weighted by Gasteiger charge is -2.08. The van der Waals surface area contributed by atoms with Crippen molar-refractivity contribution in [2.75, 3.05) is 7.11 Å². The molecule has 0 aliphatic carbocycles. The van der Waals surface area contributed by atoms with E-state index < -0.39 is 23.3 Å². The third kappa shape index (κ3) is 2.59. The lowest BCUT2D eigenvalue weighted by molar-refractivity contribution is -0.137. The fourth-order valence-corrected chi connectivity index (χ4v) is 1.04. The van der Waals surface area contributed by atoms with Gasteiger partial charge in [-0.2, -0.15) is 13.2 Å². The Labute approximate surface area is 87.8 Å². The normalized spacial score (nSPS) is 11.3. The molecule has 0 saturated heterocycles. The number of halogens is 4. The van der Waals surface area contributed by atoms with Crippen molar-refractivity contribution in [1.29, 1.82) is 0 Å². The van der Waals surface area contributed by atoms with Gasteiger partial charge in [-0.3, -0.25) is 0 Å². The van der Waals surface area contributed by atoms with Gasteiger partial charge in [-0.05, 0) is 6.07 Å². The summed E-state index contributed by atoms with van der Waals surface area (Å²) in [6.07, 6.45) is -4.02. The number of rotatable bonds is 1. The first-order valence-electron chi connectivity index (χ1n) is 3.67. The van der Waals surface area contributed by atoms with Gasteiger partial charge in [0.1, 0.15) is 5.15 Å². The molecule has 1 aromatic heterocycles. The highest BCUT2D eigenvalue weighted by Crippen LogP contribution is 2.30. The van der Waals surface area contributed by atoms with Crippen LogP contribution in [0.4, 0.5) is 13.2 Å². The number of hydrogen-bond acceptors (Lipinski definition) is 3. The summed E-state index contributed by atoms with van der Waals surface area (Å²) in [5.74, 6) is -0.960. The van der Waals surface area contributed by atoms with Gasteiger partial charge in [-0.25, -0.2) is 9.78 Å².